The summed E-state index contributed by atoms with van der Waals surface area (Å²) in [6, 6.07) is 131. The Balaban J connectivity index is 0.000000200. The van der Waals surface area contributed by atoms with E-state index in [1.165, 1.54) is 214 Å². The molecule has 0 aliphatic carbocycles. The van der Waals surface area contributed by atoms with Crippen molar-refractivity contribution in [3.05, 3.63) is 458 Å². The molecule has 0 amide bonds. The first kappa shape index (κ1) is 119. The Morgan fingerprint density at radius 2 is 0.553 bits per heavy atom. The molecule has 150 heavy (non-hydrogen) atoms. The molecule has 20 aromatic rings. The second-order valence-corrected chi connectivity index (χ2v) is 39.7. The van der Waals surface area contributed by atoms with E-state index in [9.17, 15) is 9.90 Å². The summed E-state index contributed by atoms with van der Waals surface area (Å²) in [4.78, 5) is 53.6. The van der Waals surface area contributed by atoms with Crippen LogP contribution in [-0.4, -0.2) is 82.7 Å². The number of aliphatic hydroxyl groups is 4. The average Bonchev–Trinajstić information content (AvgIpc) is 0.793. The maximum Gasteiger partial charge on any atom is 0.325 e. The molecular formula is C134H128Ir4N4O8. The van der Waals surface area contributed by atoms with Crippen molar-refractivity contribution in [2.24, 2.45) is 10.8 Å². The number of pyridine rings is 4. The van der Waals surface area contributed by atoms with Crippen LogP contribution in [0.4, 0.5) is 0 Å². The van der Waals surface area contributed by atoms with Crippen LogP contribution in [-0.2, 0) is 85.8 Å². The summed E-state index contributed by atoms with van der Waals surface area (Å²) in [5.74, 6) is 1.17. The topological polar surface area (TPSA) is 218 Å². The van der Waals surface area contributed by atoms with E-state index < -0.39 is 0 Å². The number of nitrogens with zero attached hydrogens (tertiary/aromatic N) is 4. The first-order valence-corrected chi connectivity index (χ1v) is 48.9. The fraction of sp³-hybridized carbons (Fsp3) is 0.164. The van der Waals surface area contributed by atoms with Gasteiger partial charge in [0.15, 0.2) is 0 Å². The number of rotatable bonds is 12. The Labute approximate surface area is 936 Å². The molecule has 4 radical (unpaired) electrons. The van der Waals surface area contributed by atoms with Crippen molar-refractivity contribution in [2.75, 3.05) is 0 Å². The van der Waals surface area contributed by atoms with Crippen LogP contribution in [0.15, 0.2) is 406 Å². The molecule has 0 unspecified atom stereocenters. The number of aryl methyl sites for hydroxylation is 4. The molecule has 0 aliphatic heterocycles. The van der Waals surface area contributed by atoms with Gasteiger partial charge in [0, 0.05) is 111 Å². The molecule has 8 N–H and O–H groups in total. The molecule has 0 spiro atoms. The first-order chi connectivity index (χ1) is 69.7. The fourth-order valence-corrected chi connectivity index (χ4v) is 16.9. The zero-order valence-electron chi connectivity index (χ0n) is 88.1. The Hall–Kier alpha value is -14.4. The van der Waals surface area contributed by atoms with Gasteiger partial charge in [0.2, 0.25) is 0 Å². The molecule has 4 heterocycles. The summed E-state index contributed by atoms with van der Waals surface area (Å²) in [5.41, 5.74) is 23.6. The van der Waals surface area contributed by atoms with Gasteiger partial charge in [-0.2, -0.15) is 0 Å². The first-order valence-electron chi connectivity index (χ1n) is 48.9. The smallest absolute Gasteiger partial charge is 0.325 e. The van der Waals surface area contributed by atoms with Gasteiger partial charge in [-0.05, 0) is 200 Å². The van der Waals surface area contributed by atoms with Gasteiger partial charge in [0.1, 0.15) is 5.76 Å². The molecule has 768 valence electrons. The van der Waals surface area contributed by atoms with Gasteiger partial charge in [0.05, 0.1) is 67.8 Å². The summed E-state index contributed by atoms with van der Waals surface area (Å²) in [7, 11) is 0. The van der Waals surface area contributed by atoms with E-state index in [0.29, 0.717) is 0 Å². The molecule has 12 nitrogen and oxygen atoms in total. The van der Waals surface area contributed by atoms with Gasteiger partial charge >= 0.3 is 23.1 Å². The second kappa shape index (κ2) is 54.7. The van der Waals surface area contributed by atoms with Crippen molar-refractivity contribution in [1.82, 2.24) is 19.9 Å². The van der Waals surface area contributed by atoms with Gasteiger partial charge in [-0.1, -0.05) is 360 Å². The Bertz CT molecular complexity index is 7980. The monoisotopic (exact) mass is 2690 g/mol. The Morgan fingerprint density at radius 1 is 0.260 bits per heavy atom. The number of fused-ring (bicyclic) bond motifs is 12. The van der Waals surface area contributed by atoms with Crippen LogP contribution in [0.1, 0.15) is 132 Å². The number of hydrogen-bond acceptors (Lipinski definition) is 8. The molecule has 0 aliphatic rings. The Morgan fingerprint density at radius 3 is 0.833 bits per heavy atom. The van der Waals surface area contributed by atoms with Gasteiger partial charge in [-0.25, -0.2) is 0 Å². The number of allylic oxidation sites excluding steroid dienone is 8. The van der Waals surface area contributed by atoms with Crippen molar-refractivity contribution >= 4 is 109 Å². The van der Waals surface area contributed by atoms with Crippen molar-refractivity contribution in [1.29, 1.82) is 0 Å². The van der Waals surface area contributed by atoms with Crippen LogP contribution in [0.2, 0.25) is 0 Å². The molecule has 0 atom stereocenters. The van der Waals surface area contributed by atoms with E-state index >= 15 is 0 Å². The van der Waals surface area contributed by atoms with Gasteiger partial charge < -0.3 is 40.4 Å². The van der Waals surface area contributed by atoms with Crippen molar-refractivity contribution in [2.45, 2.75) is 137 Å². The molecule has 0 bridgehead atoms. The van der Waals surface area contributed by atoms with Crippen LogP contribution in [0.5, 0.6) is 0 Å². The predicted octanol–water partition coefficient (Wildman–Crippen LogP) is 34.7. The normalized spacial score (nSPS) is 11.3. The molecule has 16 aromatic carbocycles. The minimum Gasteiger partial charge on any atom is -0.512 e. The van der Waals surface area contributed by atoms with Crippen LogP contribution in [0.25, 0.3) is 176 Å². The van der Waals surface area contributed by atoms with E-state index in [2.05, 4.69) is 399 Å². The summed E-state index contributed by atoms with van der Waals surface area (Å²) < 4.78 is 0. The average molecular weight is 2690 g/mol. The largest absolute Gasteiger partial charge is 0.512 e. The second-order valence-electron chi connectivity index (χ2n) is 39.7. The summed E-state index contributed by atoms with van der Waals surface area (Å²) in [6.45, 7) is 35.7. The fourth-order valence-electron chi connectivity index (χ4n) is 16.9. The van der Waals surface area contributed by atoms with Gasteiger partial charge in [0.25, 0.3) is 0 Å². The zero-order valence-corrected chi connectivity index (χ0v) is 97.7. The molecule has 20 rings (SSSR count). The van der Waals surface area contributed by atoms with Crippen molar-refractivity contribution < 1.29 is 120 Å². The summed E-state index contributed by atoms with van der Waals surface area (Å²) in [5, 5.41) is 54.4. The SMILES string of the molecule is CC(=[OH+])C=C(C)O.CC(=[OH+])C=C(C)O.CC(=[OH+])C=C(C)O.CC(C)(C)C(=[OH+])C=C(O)C(C)(C)C.CC(C)(C)c1cccc(-c2c[c-]c(-c3nccc4c3ccc3ccccc34)cc2)c1.Cc1ccc(-c2c[c-]c(-c3nccc4c3ccc3ccccc34)cc2C)cc1.Cc1ccc(-c2c[c-]c(-c3nccc4c3ccc3ccccc34)cc2C)cc1.[Ir].[Ir].[Ir].[Ir].[c-]1cc(-c2ccccc2)ccc1-c1nccc2c1ccc1ccccc12. The van der Waals surface area contributed by atoms with Crippen molar-refractivity contribution in [3.63, 3.8) is 0 Å². The number of hydrogen-bond donors (Lipinski definition) is 4. The molecule has 0 fully saturated rings. The predicted molar refractivity (Wildman–Crippen MR) is 617 cm³/mol. The summed E-state index contributed by atoms with van der Waals surface area (Å²) >= 11 is 0. The molecular weight excluding hydrogens is 2560 g/mol. The molecule has 0 saturated heterocycles. The maximum absolute atomic E-state index is 9.60. The molecule has 4 aromatic heterocycles. The van der Waals surface area contributed by atoms with E-state index in [-0.39, 0.29) is 143 Å². The van der Waals surface area contributed by atoms with Crippen LogP contribution < -0.4 is 0 Å². The van der Waals surface area contributed by atoms with Crippen LogP contribution in [0, 0.1) is 62.8 Å². The quantitative estimate of drug-likeness (QED) is 0.0302. The molecule has 0 saturated carbocycles. The minimum absolute atomic E-state index is 0. The number of carbonyl (C=O) groups excluding carboxylic acids is 4. The maximum atomic E-state index is 9.60. The summed E-state index contributed by atoms with van der Waals surface area (Å²) in [6.07, 6.45) is 12.9. The van der Waals surface area contributed by atoms with Gasteiger partial charge in [-0.3, -0.25) is 19.2 Å². The number of benzene rings is 16. The van der Waals surface area contributed by atoms with E-state index in [4.69, 9.17) is 44.7 Å². The van der Waals surface area contributed by atoms with E-state index in [1.807, 2.05) is 78.5 Å². The third-order valence-electron chi connectivity index (χ3n) is 24.6. The number of aromatic nitrogens is 4. The minimum atomic E-state index is -0.306. The number of ketones is 4. The standard InChI is InChI=1S/C29H24N.2C27H20N.C25H16N.C11H20O2.3C5H8O2.4Ir/c1-29(2,3)24-9-6-8-23(19-24)20-11-13-22(14-12-20)28-27-16-15-21-7-4-5-10-25(21)26(27)17-18-30-28;2*1-18-7-9-21(10-8-18)23-13-12-22(17-19(23)2)27-26-14-11-20-5-3-4-6-24(20)25(26)15-16-28-27;1-2-6-18(7-3-1)19-10-12-21(13-11-19)25-24-15-14-20-8-4-5-9-22(20)23(24)16-17-26-25;1-10(2,3)8(12)7-9(13)11(4,5)6;3*1-4(6)3-5(2)7;;;;/h4-13,15-19H,1-3H3;2*3-11,13-17H,1-2H3;1-12,14-17H;7,12H,1-6H3;3*3,6H,1-2H3;;;;/q4*-1;;;;;;;;/p+4. The third-order valence-corrected chi connectivity index (χ3v) is 24.6. The van der Waals surface area contributed by atoms with Crippen LogP contribution in [0.3, 0.4) is 0 Å². The molecule has 16 heteroatoms. The van der Waals surface area contributed by atoms with Crippen molar-refractivity contribution in [3.8, 4) is 89.5 Å². The zero-order chi connectivity index (χ0) is 105. The third kappa shape index (κ3) is 31.9. The van der Waals surface area contributed by atoms with Gasteiger partial charge in [-0.15, -0.1) is 118 Å². The Kier molecular flexibility index (Phi) is 43.5. The van der Waals surface area contributed by atoms with E-state index in [0.717, 1.165) is 55.8 Å². The number of aliphatic hydroxyl groups excluding tert-OH is 4. The van der Waals surface area contributed by atoms with E-state index in [1.54, 1.807) is 0 Å². The van der Waals surface area contributed by atoms with Crippen LogP contribution >= 0.6 is 0 Å².